The number of hydrogen-bond donors (Lipinski definition) is 4. The number of ether oxygens (including phenoxy) is 1. The third-order valence-electron chi connectivity index (χ3n) is 7.94. The summed E-state index contributed by atoms with van der Waals surface area (Å²) in [6, 6.07) is 8.22. The molecule has 4 atom stereocenters. The summed E-state index contributed by atoms with van der Waals surface area (Å²) in [5.74, 6) is -5.88. The maximum atomic E-state index is 13.9. The molecule has 14 heteroatoms. The van der Waals surface area contributed by atoms with Crippen LogP contribution in [0, 0.1) is 11.6 Å². The number of nitrogens with one attached hydrogen (secondary N) is 2. The van der Waals surface area contributed by atoms with Gasteiger partial charge in [0, 0.05) is 13.0 Å². The quantitative estimate of drug-likeness (QED) is 0.166. The normalized spacial score (nSPS) is 16.7. The number of nitrogens with two attached hydrogens (primary N) is 1. The molecule has 1 fully saturated rings. The fourth-order valence-electron chi connectivity index (χ4n) is 5.00. The van der Waals surface area contributed by atoms with Gasteiger partial charge in [-0.2, -0.15) is 0 Å². The highest BCUT2D eigenvalue weighted by atomic mass is 35.5. The summed E-state index contributed by atoms with van der Waals surface area (Å²) in [5.41, 5.74) is 5.21. The molecule has 0 spiro atoms. The predicted octanol–water partition coefficient (Wildman–Crippen LogP) is 3.13. The molecule has 2 aromatic carbocycles. The van der Waals surface area contributed by atoms with Crippen LogP contribution in [0.2, 0.25) is 0 Å². The first kappa shape index (κ1) is 38.1. The van der Waals surface area contributed by atoms with Gasteiger partial charge in [-0.15, -0.1) is 12.4 Å². The van der Waals surface area contributed by atoms with E-state index in [1.54, 1.807) is 37.3 Å². The van der Waals surface area contributed by atoms with Crippen LogP contribution in [0.5, 0.6) is 0 Å². The summed E-state index contributed by atoms with van der Waals surface area (Å²) in [6.45, 7) is 3.41. The maximum Gasteiger partial charge on any atom is 0.338 e. The van der Waals surface area contributed by atoms with Crippen LogP contribution in [0.3, 0.4) is 0 Å². The van der Waals surface area contributed by atoms with E-state index in [1.807, 2.05) is 0 Å². The first-order chi connectivity index (χ1) is 21.4. The molecule has 3 rings (SSSR count). The molecule has 0 radical (unpaired) electrons. The molecule has 1 aliphatic rings. The van der Waals surface area contributed by atoms with Crippen molar-refractivity contribution in [2.24, 2.45) is 5.73 Å². The van der Waals surface area contributed by atoms with Gasteiger partial charge in [-0.1, -0.05) is 31.2 Å². The van der Waals surface area contributed by atoms with Crippen LogP contribution in [0.1, 0.15) is 68.3 Å². The molecule has 0 bridgehead atoms. The van der Waals surface area contributed by atoms with Gasteiger partial charge in [0.15, 0.2) is 11.6 Å². The number of unbranched alkanes of at least 4 members (excludes halogenated alkanes) is 1. The average molecular weight is 667 g/mol. The van der Waals surface area contributed by atoms with Gasteiger partial charge in [-0.3, -0.25) is 14.4 Å². The number of halogens is 3. The van der Waals surface area contributed by atoms with Crippen molar-refractivity contribution >= 4 is 42.1 Å². The minimum Gasteiger partial charge on any atom is -0.480 e. The van der Waals surface area contributed by atoms with E-state index in [-0.39, 0.29) is 56.8 Å². The van der Waals surface area contributed by atoms with Crippen molar-refractivity contribution in [2.75, 3.05) is 13.2 Å². The Bertz CT molecular complexity index is 1380. The lowest BCUT2D eigenvalue weighted by Gasteiger charge is -2.33. The van der Waals surface area contributed by atoms with E-state index in [1.165, 1.54) is 13.0 Å². The Balaban J connectivity index is 0.00000736. The summed E-state index contributed by atoms with van der Waals surface area (Å²) >= 11 is 0. The van der Waals surface area contributed by atoms with E-state index in [0.717, 1.165) is 17.0 Å². The summed E-state index contributed by atoms with van der Waals surface area (Å²) in [4.78, 5) is 65.0. The molecule has 5 N–H and O–H groups in total. The lowest BCUT2D eigenvalue weighted by atomic mass is 9.95. The number of carboxylic acid groups (broad SMARTS) is 1. The number of esters is 1. The van der Waals surface area contributed by atoms with Crippen LogP contribution in [0.4, 0.5) is 8.78 Å². The zero-order valence-electron chi connectivity index (χ0n) is 25.8. The van der Waals surface area contributed by atoms with Crippen LogP contribution in [-0.2, 0) is 30.3 Å². The minimum absolute atomic E-state index is 0. The lowest BCUT2D eigenvalue weighted by molar-refractivity contribution is -0.149. The fraction of sp³-hybridized carbons (Fsp3) is 0.469. The Morgan fingerprint density at radius 2 is 1.78 bits per heavy atom. The SMILES string of the molecule is CC[C@](C)(NC(=O)[C@@H](N)CCCCOC(=O)c1ccccc1)C(=O)NC(Cc1ccc(F)c(F)c1)C(=O)N1CCC[C@@H]1C(=O)O.Cl. The first-order valence-electron chi connectivity index (χ1n) is 14.9. The van der Waals surface area contributed by atoms with Gasteiger partial charge in [-0.25, -0.2) is 18.4 Å². The van der Waals surface area contributed by atoms with Crippen LogP contribution in [-0.4, -0.2) is 76.5 Å². The summed E-state index contributed by atoms with van der Waals surface area (Å²) in [5, 5.41) is 14.8. The molecule has 46 heavy (non-hydrogen) atoms. The van der Waals surface area contributed by atoms with Gasteiger partial charge >= 0.3 is 11.9 Å². The number of carbonyl (C=O) groups is 5. The molecule has 252 valence electrons. The summed E-state index contributed by atoms with van der Waals surface area (Å²) in [7, 11) is 0. The number of amides is 3. The van der Waals surface area contributed by atoms with Crippen molar-refractivity contribution in [2.45, 2.75) is 82.5 Å². The van der Waals surface area contributed by atoms with Crippen LogP contribution in [0.15, 0.2) is 48.5 Å². The van der Waals surface area contributed by atoms with E-state index in [9.17, 15) is 37.9 Å². The molecule has 3 amide bonds. The number of hydrogen-bond acceptors (Lipinski definition) is 7. The third-order valence-corrected chi connectivity index (χ3v) is 7.94. The number of carbonyl (C=O) groups excluding carboxylic acids is 4. The predicted molar refractivity (Wildman–Crippen MR) is 167 cm³/mol. The van der Waals surface area contributed by atoms with Gasteiger partial charge in [0.2, 0.25) is 17.7 Å². The zero-order chi connectivity index (χ0) is 33.1. The van der Waals surface area contributed by atoms with E-state index in [4.69, 9.17) is 10.5 Å². The number of aliphatic carboxylic acids is 1. The average Bonchev–Trinajstić information content (AvgIpc) is 3.52. The standard InChI is InChI=1S/C32H40F2N4O7.ClH/c1-3-32(2,37-27(39)24(35)12-7-8-17-45-30(43)21-10-5-4-6-11-21)31(44)36-25(19-20-14-15-22(33)23(34)18-20)28(40)38-16-9-13-26(38)29(41)42;/h4-6,10-11,14-15,18,24-26H,3,7-9,12-13,16-17,19,35H2,1-2H3,(H,36,44)(H,37,39)(H,41,42);1H/t24-,25?,26+,32-;/m0./s1. The smallest absolute Gasteiger partial charge is 0.338 e. The highest BCUT2D eigenvalue weighted by molar-refractivity contribution is 5.96. The molecule has 1 aliphatic heterocycles. The van der Waals surface area contributed by atoms with Crippen LogP contribution >= 0.6 is 12.4 Å². The second-order valence-corrected chi connectivity index (χ2v) is 11.3. The molecular formula is C32H41ClF2N4O7. The minimum atomic E-state index is -1.51. The van der Waals surface area contributed by atoms with Crippen LogP contribution in [0.25, 0.3) is 0 Å². The highest BCUT2D eigenvalue weighted by Crippen LogP contribution is 2.21. The maximum absolute atomic E-state index is 13.9. The van der Waals surface area contributed by atoms with Crippen molar-refractivity contribution in [3.63, 3.8) is 0 Å². The van der Waals surface area contributed by atoms with Crippen molar-refractivity contribution in [1.82, 2.24) is 15.5 Å². The van der Waals surface area contributed by atoms with E-state index in [0.29, 0.717) is 24.8 Å². The van der Waals surface area contributed by atoms with Gasteiger partial charge in [-0.05, 0) is 75.3 Å². The van der Waals surface area contributed by atoms with Crippen molar-refractivity contribution in [3.8, 4) is 0 Å². The second kappa shape index (κ2) is 17.6. The Labute approximate surface area is 272 Å². The van der Waals surface area contributed by atoms with E-state index >= 15 is 0 Å². The molecule has 0 saturated carbocycles. The number of benzene rings is 2. The van der Waals surface area contributed by atoms with Crippen LogP contribution < -0.4 is 16.4 Å². The molecule has 1 unspecified atom stereocenters. The number of nitrogens with zero attached hydrogens (tertiary/aromatic N) is 1. The second-order valence-electron chi connectivity index (χ2n) is 11.3. The molecule has 1 saturated heterocycles. The first-order valence-corrected chi connectivity index (χ1v) is 14.9. The molecule has 2 aromatic rings. The van der Waals surface area contributed by atoms with Gasteiger partial charge < -0.3 is 31.1 Å². The number of carboxylic acids is 1. The molecule has 0 aromatic heterocycles. The molecular weight excluding hydrogens is 626 g/mol. The van der Waals surface area contributed by atoms with Gasteiger partial charge in [0.1, 0.15) is 17.6 Å². The molecule has 11 nitrogen and oxygen atoms in total. The lowest BCUT2D eigenvalue weighted by Crippen LogP contribution is -2.63. The number of rotatable bonds is 15. The zero-order valence-corrected chi connectivity index (χ0v) is 26.6. The monoisotopic (exact) mass is 666 g/mol. The topological polar surface area (TPSA) is 168 Å². The van der Waals surface area contributed by atoms with Gasteiger partial charge in [0.05, 0.1) is 18.2 Å². The van der Waals surface area contributed by atoms with Crippen molar-refractivity contribution in [1.29, 1.82) is 0 Å². The Morgan fingerprint density at radius 1 is 1.09 bits per heavy atom. The van der Waals surface area contributed by atoms with E-state index in [2.05, 4.69) is 10.6 Å². The fourth-order valence-corrected chi connectivity index (χ4v) is 5.00. The summed E-state index contributed by atoms with van der Waals surface area (Å²) in [6.07, 6.45) is 1.74. The third kappa shape index (κ3) is 10.2. The largest absolute Gasteiger partial charge is 0.480 e. The Hall–Kier alpha value is -4.10. The van der Waals surface area contributed by atoms with Gasteiger partial charge in [0.25, 0.3) is 0 Å². The summed E-state index contributed by atoms with van der Waals surface area (Å²) < 4.78 is 32.7. The van der Waals surface area contributed by atoms with Crippen molar-refractivity contribution < 1.29 is 42.6 Å². The molecule has 1 heterocycles. The van der Waals surface area contributed by atoms with E-state index < -0.39 is 65.0 Å². The Morgan fingerprint density at radius 3 is 2.41 bits per heavy atom. The Kier molecular flexibility index (Phi) is 14.5. The van der Waals surface area contributed by atoms with Crippen molar-refractivity contribution in [3.05, 3.63) is 71.3 Å². The highest BCUT2D eigenvalue weighted by Gasteiger charge is 2.41. The number of likely N-dealkylation sites (tertiary alicyclic amines) is 1. The molecule has 0 aliphatic carbocycles.